The van der Waals surface area contributed by atoms with E-state index in [1.165, 1.54) is 0 Å². The van der Waals surface area contributed by atoms with E-state index in [1.54, 1.807) is 54.9 Å². The van der Waals surface area contributed by atoms with Crippen LogP contribution in [0.1, 0.15) is 10.4 Å². The van der Waals surface area contributed by atoms with Crippen LogP contribution >= 0.6 is 11.8 Å². The second-order valence-electron chi connectivity index (χ2n) is 4.77. The summed E-state index contributed by atoms with van der Waals surface area (Å²) >= 11 is 1.07. The number of thioether (sulfide) groups is 1. The predicted octanol–water partition coefficient (Wildman–Crippen LogP) is 1.68. The summed E-state index contributed by atoms with van der Waals surface area (Å²) in [4.78, 5) is 27.6. The molecule has 1 aromatic carbocycles. The van der Waals surface area contributed by atoms with Gasteiger partial charge in [0.25, 0.3) is 11.1 Å². The Morgan fingerprint density at radius 1 is 1.04 bits per heavy atom. The second-order valence-corrected chi connectivity index (χ2v) is 5.70. The third kappa shape index (κ3) is 4.64. The van der Waals surface area contributed by atoms with Gasteiger partial charge in [-0.15, -0.1) is 10.2 Å². The van der Waals surface area contributed by atoms with E-state index in [1.807, 2.05) is 0 Å². The molecule has 0 unspecified atom stereocenters. The minimum atomic E-state index is -0.393. The molecule has 0 spiro atoms. The summed E-state index contributed by atoms with van der Waals surface area (Å²) in [5.41, 5.74) is 5.82. The molecule has 2 aromatic heterocycles. The van der Waals surface area contributed by atoms with Gasteiger partial charge in [0.2, 0.25) is 11.8 Å². The zero-order chi connectivity index (χ0) is 17.5. The summed E-state index contributed by atoms with van der Waals surface area (Å²) < 4.78 is 5.45. The highest BCUT2D eigenvalue weighted by Crippen LogP contribution is 2.21. The summed E-state index contributed by atoms with van der Waals surface area (Å²) in [5, 5.41) is 8.01. The Kier molecular flexibility index (Phi) is 5.37. The Bertz CT molecular complexity index is 854. The van der Waals surface area contributed by atoms with Crippen LogP contribution in [0.5, 0.6) is 0 Å². The van der Waals surface area contributed by atoms with E-state index in [-0.39, 0.29) is 11.0 Å². The highest BCUT2D eigenvalue weighted by molar-refractivity contribution is 7.99. The van der Waals surface area contributed by atoms with Crippen molar-refractivity contribution in [3.63, 3.8) is 0 Å². The molecule has 0 radical (unpaired) electrons. The normalized spacial score (nSPS) is 10.2. The lowest BCUT2D eigenvalue weighted by molar-refractivity contribution is -0.119. The number of hydrazine groups is 1. The second kappa shape index (κ2) is 8.06. The highest BCUT2D eigenvalue weighted by Gasteiger charge is 2.12. The third-order valence-corrected chi connectivity index (χ3v) is 3.81. The maximum absolute atomic E-state index is 11.8. The summed E-state index contributed by atoms with van der Waals surface area (Å²) in [7, 11) is 0. The van der Waals surface area contributed by atoms with Gasteiger partial charge < -0.3 is 4.42 Å². The van der Waals surface area contributed by atoms with Gasteiger partial charge in [0.15, 0.2) is 0 Å². The number of pyridine rings is 1. The third-order valence-electron chi connectivity index (χ3n) is 2.99. The lowest BCUT2D eigenvalue weighted by Gasteiger charge is -2.06. The Morgan fingerprint density at radius 3 is 2.64 bits per heavy atom. The van der Waals surface area contributed by atoms with Crippen LogP contribution in [0.25, 0.3) is 11.5 Å². The largest absolute Gasteiger partial charge is 0.411 e. The van der Waals surface area contributed by atoms with E-state index >= 15 is 0 Å². The van der Waals surface area contributed by atoms with Crippen LogP contribution in [0.4, 0.5) is 0 Å². The van der Waals surface area contributed by atoms with Crippen LogP contribution in [-0.2, 0) is 4.79 Å². The number of hydrogen-bond acceptors (Lipinski definition) is 7. The Hall–Kier alpha value is -3.20. The number of rotatable bonds is 5. The molecule has 9 heteroatoms. The first-order valence-corrected chi connectivity index (χ1v) is 8.22. The molecule has 0 aliphatic rings. The first-order valence-electron chi connectivity index (χ1n) is 7.23. The molecule has 0 fully saturated rings. The molecule has 2 N–H and O–H groups in total. The fourth-order valence-corrected chi connectivity index (χ4v) is 2.39. The summed E-state index contributed by atoms with van der Waals surface area (Å²) in [6, 6.07) is 12.1. The van der Waals surface area contributed by atoms with Crippen molar-refractivity contribution in [2.24, 2.45) is 0 Å². The molecule has 0 aliphatic carbocycles. The lowest BCUT2D eigenvalue weighted by Crippen LogP contribution is -2.42. The number of aromatic nitrogens is 3. The summed E-state index contributed by atoms with van der Waals surface area (Å²) in [6.45, 7) is 0. The number of benzene rings is 1. The molecule has 3 rings (SSSR count). The van der Waals surface area contributed by atoms with Crippen molar-refractivity contribution in [2.75, 3.05) is 5.75 Å². The number of hydrogen-bond donors (Lipinski definition) is 2. The van der Waals surface area contributed by atoms with Gasteiger partial charge in [0.1, 0.15) is 0 Å². The number of nitrogens with one attached hydrogen (secondary N) is 2. The van der Waals surface area contributed by atoms with Gasteiger partial charge in [0, 0.05) is 18.0 Å². The van der Waals surface area contributed by atoms with E-state index in [9.17, 15) is 9.59 Å². The molecular weight excluding hydrogens is 342 g/mol. The van der Waals surface area contributed by atoms with E-state index in [0.717, 1.165) is 11.8 Å². The Morgan fingerprint density at radius 2 is 1.88 bits per heavy atom. The van der Waals surface area contributed by atoms with E-state index in [4.69, 9.17) is 4.42 Å². The molecule has 8 nitrogen and oxygen atoms in total. The SMILES string of the molecule is O=C(CSc1nnc(-c2cccnc2)o1)NNC(=O)c1ccccc1. The topological polar surface area (TPSA) is 110 Å². The minimum absolute atomic E-state index is 0.0176. The molecule has 0 aliphatic heterocycles. The quantitative estimate of drug-likeness (QED) is 0.529. The van der Waals surface area contributed by atoms with Gasteiger partial charge in [-0.2, -0.15) is 0 Å². The maximum Gasteiger partial charge on any atom is 0.277 e. The average Bonchev–Trinajstić information content (AvgIpc) is 3.15. The van der Waals surface area contributed by atoms with Crippen LogP contribution in [0, 0.1) is 0 Å². The maximum atomic E-state index is 11.8. The van der Waals surface area contributed by atoms with Crippen LogP contribution < -0.4 is 10.9 Å². The van der Waals surface area contributed by atoms with Crippen molar-refractivity contribution in [3.8, 4) is 11.5 Å². The van der Waals surface area contributed by atoms with Gasteiger partial charge in [-0.3, -0.25) is 25.4 Å². The van der Waals surface area contributed by atoms with Crippen molar-refractivity contribution >= 4 is 23.6 Å². The van der Waals surface area contributed by atoms with Crippen molar-refractivity contribution in [3.05, 3.63) is 60.4 Å². The van der Waals surface area contributed by atoms with Gasteiger partial charge in [-0.1, -0.05) is 30.0 Å². The van der Waals surface area contributed by atoms with Crippen molar-refractivity contribution in [1.82, 2.24) is 26.0 Å². The number of carbonyl (C=O) groups excluding carboxylic acids is 2. The van der Waals surface area contributed by atoms with Crippen molar-refractivity contribution in [2.45, 2.75) is 5.22 Å². The van der Waals surface area contributed by atoms with Gasteiger partial charge in [-0.25, -0.2) is 0 Å². The van der Waals surface area contributed by atoms with E-state index < -0.39 is 11.8 Å². The number of carbonyl (C=O) groups is 2. The monoisotopic (exact) mass is 355 g/mol. The Balaban J connectivity index is 1.47. The molecular formula is C16H13N5O3S. The van der Waals surface area contributed by atoms with Crippen molar-refractivity contribution in [1.29, 1.82) is 0 Å². The summed E-state index contributed by atoms with van der Waals surface area (Å²) in [6.07, 6.45) is 3.25. The number of amides is 2. The van der Waals surface area contributed by atoms with Crippen molar-refractivity contribution < 1.29 is 14.0 Å². The fraction of sp³-hybridized carbons (Fsp3) is 0.0625. The zero-order valence-corrected chi connectivity index (χ0v) is 13.7. The molecule has 0 bridgehead atoms. The molecule has 126 valence electrons. The summed E-state index contributed by atoms with van der Waals surface area (Å²) in [5.74, 6) is -0.441. The van der Waals surface area contributed by atoms with Gasteiger partial charge >= 0.3 is 0 Å². The van der Waals surface area contributed by atoms with Gasteiger partial charge in [0.05, 0.1) is 11.3 Å². The number of nitrogens with zero attached hydrogens (tertiary/aromatic N) is 3. The fourth-order valence-electron chi connectivity index (χ4n) is 1.83. The molecule has 25 heavy (non-hydrogen) atoms. The average molecular weight is 355 g/mol. The molecule has 2 amide bonds. The molecule has 2 heterocycles. The molecule has 3 aromatic rings. The Labute approximate surface area is 147 Å². The lowest BCUT2D eigenvalue weighted by atomic mass is 10.2. The molecule has 0 atom stereocenters. The highest BCUT2D eigenvalue weighted by atomic mass is 32.2. The van der Waals surface area contributed by atoms with Gasteiger partial charge in [-0.05, 0) is 24.3 Å². The van der Waals surface area contributed by atoms with Crippen LogP contribution in [0.15, 0.2) is 64.5 Å². The minimum Gasteiger partial charge on any atom is -0.411 e. The van der Waals surface area contributed by atoms with E-state index in [0.29, 0.717) is 17.0 Å². The van der Waals surface area contributed by atoms with Crippen LogP contribution in [0.2, 0.25) is 0 Å². The van der Waals surface area contributed by atoms with E-state index in [2.05, 4.69) is 26.0 Å². The smallest absolute Gasteiger partial charge is 0.277 e. The zero-order valence-electron chi connectivity index (χ0n) is 12.9. The van der Waals surface area contributed by atoms with Crippen LogP contribution in [-0.4, -0.2) is 32.7 Å². The van der Waals surface area contributed by atoms with Crippen LogP contribution in [0.3, 0.4) is 0 Å². The molecule has 0 saturated carbocycles. The standard InChI is InChI=1S/C16H13N5O3S/c22-13(18-19-14(23)11-5-2-1-3-6-11)10-25-16-21-20-15(24-16)12-7-4-8-17-9-12/h1-9H,10H2,(H,18,22)(H,19,23). The first kappa shape index (κ1) is 16.7. The first-order chi connectivity index (χ1) is 12.2. The molecule has 0 saturated heterocycles. The predicted molar refractivity (Wildman–Crippen MR) is 90.3 cm³/mol.